The lowest BCUT2D eigenvalue weighted by atomic mass is 10.2. The SMILES string of the molecule is O=C(Nc1ccc(Cn2ncc(N3CCCNCC3)c(Cl)c2=O)cc1)Nc1ccc(C(F)(F)F)cc1. The van der Waals surface area contributed by atoms with Crippen molar-refractivity contribution in [1.29, 1.82) is 0 Å². The Balaban J connectivity index is 1.36. The molecule has 1 fully saturated rings. The zero-order valence-corrected chi connectivity index (χ0v) is 19.9. The van der Waals surface area contributed by atoms with Crippen LogP contribution >= 0.6 is 11.6 Å². The Kier molecular flexibility index (Phi) is 7.80. The van der Waals surface area contributed by atoms with E-state index in [4.69, 9.17) is 11.6 Å². The average Bonchev–Trinajstić information content (AvgIpc) is 3.13. The van der Waals surface area contributed by atoms with Crippen molar-refractivity contribution in [2.24, 2.45) is 0 Å². The second-order valence-electron chi connectivity index (χ2n) is 8.25. The van der Waals surface area contributed by atoms with E-state index in [9.17, 15) is 22.8 Å². The van der Waals surface area contributed by atoms with Crippen molar-refractivity contribution in [3.63, 3.8) is 0 Å². The van der Waals surface area contributed by atoms with Crippen molar-refractivity contribution in [2.75, 3.05) is 41.7 Å². The first kappa shape index (κ1) is 25.5. The first-order chi connectivity index (χ1) is 17.2. The molecule has 2 amide bonds. The Bertz CT molecular complexity index is 1250. The Morgan fingerprint density at radius 2 is 1.64 bits per heavy atom. The van der Waals surface area contributed by atoms with Crippen LogP contribution in [0.15, 0.2) is 59.5 Å². The summed E-state index contributed by atoms with van der Waals surface area (Å²) >= 11 is 6.39. The first-order valence-corrected chi connectivity index (χ1v) is 11.6. The van der Waals surface area contributed by atoms with Crippen molar-refractivity contribution in [3.8, 4) is 0 Å². The van der Waals surface area contributed by atoms with E-state index in [-0.39, 0.29) is 22.8 Å². The summed E-state index contributed by atoms with van der Waals surface area (Å²) in [5, 5.41) is 12.8. The molecule has 0 radical (unpaired) electrons. The summed E-state index contributed by atoms with van der Waals surface area (Å²) in [7, 11) is 0. The van der Waals surface area contributed by atoms with Crippen LogP contribution in [0.25, 0.3) is 0 Å². The number of halogens is 4. The summed E-state index contributed by atoms with van der Waals surface area (Å²) in [6.07, 6.45) is -1.89. The molecule has 0 atom stereocenters. The smallest absolute Gasteiger partial charge is 0.368 e. The number of hydrogen-bond acceptors (Lipinski definition) is 5. The van der Waals surface area contributed by atoms with E-state index in [2.05, 4.69) is 25.9 Å². The largest absolute Gasteiger partial charge is 0.416 e. The van der Waals surface area contributed by atoms with E-state index in [1.807, 2.05) is 0 Å². The molecule has 0 saturated carbocycles. The number of nitrogens with one attached hydrogen (secondary N) is 3. The quantitative estimate of drug-likeness (QED) is 0.464. The van der Waals surface area contributed by atoms with Gasteiger partial charge in [-0.3, -0.25) is 4.79 Å². The zero-order valence-electron chi connectivity index (χ0n) is 19.1. The summed E-state index contributed by atoms with van der Waals surface area (Å²) < 4.78 is 39.3. The molecule has 0 aliphatic carbocycles. The van der Waals surface area contributed by atoms with Crippen LogP contribution in [0.4, 0.5) is 35.0 Å². The second kappa shape index (κ2) is 11.0. The fourth-order valence-corrected chi connectivity index (χ4v) is 4.04. The summed E-state index contributed by atoms with van der Waals surface area (Å²) in [6.45, 7) is 3.45. The number of aromatic nitrogens is 2. The van der Waals surface area contributed by atoms with Crippen LogP contribution in [0, 0.1) is 0 Å². The Labute approximate surface area is 210 Å². The van der Waals surface area contributed by atoms with Gasteiger partial charge in [-0.25, -0.2) is 9.48 Å². The molecule has 2 heterocycles. The third kappa shape index (κ3) is 6.35. The van der Waals surface area contributed by atoms with Crippen LogP contribution in [0.1, 0.15) is 17.5 Å². The van der Waals surface area contributed by atoms with Gasteiger partial charge >= 0.3 is 12.2 Å². The summed E-state index contributed by atoms with van der Waals surface area (Å²) in [6, 6.07) is 10.3. The van der Waals surface area contributed by atoms with E-state index in [1.165, 1.54) is 16.8 Å². The molecule has 2 aromatic carbocycles. The van der Waals surface area contributed by atoms with E-state index in [1.54, 1.807) is 30.5 Å². The molecule has 1 aliphatic rings. The third-order valence-electron chi connectivity index (χ3n) is 5.66. The van der Waals surface area contributed by atoms with Crippen molar-refractivity contribution in [2.45, 2.75) is 19.1 Å². The van der Waals surface area contributed by atoms with Gasteiger partial charge in [0.2, 0.25) is 0 Å². The number of alkyl halides is 3. The monoisotopic (exact) mass is 520 g/mol. The number of amides is 2. The summed E-state index contributed by atoms with van der Waals surface area (Å²) in [5.74, 6) is 0. The van der Waals surface area contributed by atoms with Crippen molar-refractivity contribution >= 4 is 34.7 Å². The standard InChI is InChI=1S/C24H24ClF3N6O2/c25-21-20(33-12-1-10-29-11-13-33)14-30-34(22(21)35)15-16-2-6-18(7-3-16)31-23(36)32-19-8-4-17(5-9-19)24(26,27)28/h2-9,14,29H,1,10-13,15H2,(H2,31,32,36). The van der Waals surface area contributed by atoms with Gasteiger partial charge < -0.3 is 20.9 Å². The zero-order chi connectivity index (χ0) is 25.7. The van der Waals surface area contributed by atoms with Crippen LogP contribution in [-0.2, 0) is 12.7 Å². The van der Waals surface area contributed by atoms with Gasteiger partial charge in [0.15, 0.2) is 0 Å². The van der Waals surface area contributed by atoms with Gasteiger partial charge in [-0.15, -0.1) is 0 Å². The fraction of sp³-hybridized carbons (Fsp3) is 0.292. The highest BCUT2D eigenvalue weighted by Gasteiger charge is 2.30. The highest BCUT2D eigenvalue weighted by atomic mass is 35.5. The van der Waals surface area contributed by atoms with Gasteiger partial charge in [-0.1, -0.05) is 23.7 Å². The van der Waals surface area contributed by atoms with E-state index in [0.717, 1.165) is 50.3 Å². The predicted octanol–water partition coefficient (Wildman–Crippen LogP) is 4.41. The minimum Gasteiger partial charge on any atom is -0.368 e. The molecule has 190 valence electrons. The predicted molar refractivity (Wildman–Crippen MR) is 133 cm³/mol. The molecular formula is C24H24ClF3N6O2. The average molecular weight is 521 g/mol. The molecule has 0 unspecified atom stereocenters. The molecule has 0 spiro atoms. The van der Waals surface area contributed by atoms with Crippen molar-refractivity contribution in [3.05, 3.63) is 81.2 Å². The van der Waals surface area contributed by atoms with Crippen molar-refractivity contribution < 1.29 is 18.0 Å². The number of rotatable bonds is 5. The van der Waals surface area contributed by atoms with Crippen LogP contribution in [0.5, 0.6) is 0 Å². The summed E-state index contributed by atoms with van der Waals surface area (Å²) in [5.41, 5.74) is 0.893. The molecule has 3 aromatic rings. The molecule has 12 heteroatoms. The van der Waals surface area contributed by atoms with Crippen LogP contribution < -0.4 is 26.4 Å². The Hall–Kier alpha value is -3.57. The molecule has 3 N–H and O–H groups in total. The van der Waals surface area contributed by atoms with E-state index >= 15 is 0 Å². The summed E-state index contributed by atoms with van der Waals surface area (Å²) in [4.78, 5) is 27.0. The van der Waals surface area contributed by atoms with Crippen LogP contribution in [0.2, 0.25) is 5.02 Å². The van der Waals surface area contributed by atoms with E-state index < -0.39 is 17.8 Å². The highest BCUT2D eigenvalue weighted by molar-refractivity contribution is 6.33. The fourth-order valence-electron chi connectivity index (χ4n) is 3.78. The maximum Gasteiger partial charge on any atom is 0.416 e. The molecule has 36 heavy (non-hydrogen) atoms. The lowest BCUT2D eigenvalue weighted by Crippen LogP contribution is -2.32. The second-order valence-corrected chi connectivity index (χ2v) is 8.63. The van der Waals surface area contributed by atoms with Gasteiger partial charge in [0.05, 0.1) is 24.0 Å². The number of anilines is 3. The van der Waals surface area contributed by atoms with Gasteiger partial charge in [-0.05, 0) is 54.9 Å². The lowest BCUT2D eigenvalue weighted by Gasteiger charge is -2.23. The minimum atomic E-state index is -4.44. The topological polar surface area (TPSA) is 91.3 Å². The first-order valence-electron chi connectivity index (χ1n) is 11.3. The molecule has 1 aliphatic heterocycles. The molecule has 1 saturated heterocycles. The third-order valence-corrected chi connectivity index (χ3v) is 6.02. The molecule has 1 aromatic heterocycles. The number of benzene rings is 2. The van der Waals surface area contributed by atoms with Gasteiger partial charge in [0, 0.05) is 31.0 Å². The minimum absolute atomic E-state index is 0.130. The molecular weight excluding hydrogens is 497 g/mol. The Morgan fingerprint density at radius 3 is 2.28 bits per heavy atom. The van der Waals surface area contributed by atoms with Crippen LogP contribution in [0.3, 0.4) is 0 Å². The van der Waals surface area contributed by atoms with Gasteiger partial charge in [0.25, 0.3) is 5.56 Å². The number of urea groups is 1. The van der Waals surface area contributed by atoms with Crippen molar-refractivity contribution in [1.82, 2.24) is 15.1 Å². The maximum absolute atomic E-state index is 12.8. The van der Waals surface area contributed by atoms with E-state index in [0.29, 0.717) is 11.4 Å². The molecule has 0 bridgehead atoms. The molecule has 4 rings (SSSR count). The number of hydrogen-bond donors (Lipinski definition) is 3. The normalized spacial score (nSPS) is 14.3. The Morgan fingerprint density at radius 1 is 1.00 bits per heavy atom. The number of carbonyl (C=O) groups excluding carboxylic acids is 1. The number of nitrogens with zero attached hydrogens (tertiary/aromatic N) is 3. The van der Waals surface area contributed by atoms with Crippen LogP contribution in [-0.4, -0.2) is 42.0 Å². The lowest BCUT2D eigenvalue weighted by molar-refractivity contribution is -0.137. The highest BCUT2D eigenvalue weighted by Crippen LogP contribution is 2.30. The number of carbonyl (C=O) groups is 1. The van der Waals surface area contributed by atoms with Gasteiger partial charge in [-0.2, -0.15) is 18.3 Å². The van der Waals surface area contributed by atoms with Gasteiger partial charge in [0.1, 0.15) is 5.02 Å². The maximum atomic E-state index is 12.8. The molecule has 8 nitrogen and oxygen atoms in total.